The predicted molar refractivity (Wildman–Crippen MR) is 77.8 cm³/mol. The Balaban J connectivity index is 1.90. The highest BCUT2D eigenvalue weighted by atomic mass is 16.7. The maximum Gasteiger partial charge on any atom is 0.251 e. The van der Waals surface area contributed by atoms with Crippen LogP contribution in [0.25, 0.3) is 0 Å². The topological polar surface area (TPSA) is 59.6 Å². The number of hydrogen-bond acceptors (Lipinski definition) is 4. The highest BCUT2D eigenvalue weighted by Gasteiger charge is 2.28. The molecule has 2 rings (SSSR count). The number of carbonyl (C=O) groups excluding carboxylic acids is 1. The van der Waals surface area contributed by atoms with Gasteiger partial charge in [0.15, 0.2) is 5.79 Å². The SMILES string of the molecule is CCNC(=O)c1ccc(NC2COC(C)(C)OC2)cc1. The lowest BCUT2D eigenvalue weighted by Gasteiger charge is -2.35. The number of anilines is 1. The zero-order chi connectivity index (χ0) is 14.6. The van der Waals surface area contributed by atoms with Gasteiger partial charge in [0, 0.05) is 17.8 Å². The summed E-state index contributed by atoms with van der Waals surface area (Å²) in [6.45, 7) is 7.55. The number of carbonyl (C=O) groups is 1. The molecule has 0 saturated carbocycles. The van der Waals surface area contributed by atoms with E-state index in [9.17, 15) is 4.79 Å². The minimum Gasteiger partial charge on any atom is -0.378 e. The van der Waals surface area contributed by atoms with Gasteiger partial charge < -0.3 is 20.1 Å². The van der Waals surface area contributed by atoms with Gasteiger partial charge in [-0.3, -0.25) is 4.79 Å². The molecule has 1 aliphatic heterocycles. The lowest BCUT2D eigenvalue weighted by atomic mass is 10.1. The van der Waals surface area contributed by atoms with Gasteiger partial charge in [-0.15, -0.1) is 0 Å². The maximum absolute atomic E-state index is 11.6. The normalized spacial score (nSPS) is 18.6. The first-order valence-electron chi connectivity index (χ1n) is 6.93. The molecule has 1 saturated heterocycles. The van der Waals surface area contributed by atoms with Crippen LogP contribution in [-0.2, 0) is 9.47 Å². The third kappa shape index (κ3) is 3.95. The van der Waals surface area contributed by atoms with Gasteiger partial charge >= 0.3 is 0 Å². The molecule has 1 amide bonds. The van der Waals surface area contributed by atoms with Crippen LogP contribution >= 0.6 is 0 Å². The summed E-state index contributed by atoms with van der Waals surface area (Å²) in [5, 5.41) is 6.11. The second-order valence-electron chi connectivity index (χ2n) is 5.30. The van der Waals surface area contributed by atoms with Crippen LogP contribution in [-0.4, -0.2) is 37.5 Å². The average molecular weight is 278 g/mol. The molecule has 20 heavy (non-hydrogen) atoms. The zero-order valence-electron chi connectivity index (χ0n) is 12.2. The predicted octanol–water partition coefficient (Wildman–Crippen LogP) is 2.00. The molecule has 5 heteroatoms. The van der Waals surface area contributed by atoms with Crippen molar-refractivity contribution in [2.24, 2.45) is 0 Å². The fourth-order valence-corrected chi connectivity index (χ4v) is 1.99. The molecule has 2 N–H and O–H groups in total. The summed E-state index contributed by atoms with van der Waals surface area (Å²) in [6, 6.07) is 7.52. The number of rotatable bonds is 4. The van der Waals surface area contributed by atoms with Gasteiger partial charge in [0.05, 0.1) is 19.3 Å². The van der Waals surface area contributed by atoms with E-state index in [1.807, 2.05) is 45.0 Å². The Morgan fingerprint density at radius 1 is 1.25 bits per heavy atom. The molecule has 1 aromatic carbocycles. The molecule has 0 bridgehead atoms. The van der Waals surface area contributed by atoms with Gasteiger partial charge in [-0.1, -0.05) is 0 Å². The van der Waals surface area contributed by atoms with E-state index >= 15 is 0 Å². The largest absolute Gasteiger partial charge is 0.378 e. The van der Waals surface area contributed by atoms with Crippen molar-refractivity contribution in [3.8, 4) is 0 Å². The molecule has 0 spiro atoms. The summed E-state index contributed by atoms with van der Waals surface area (Å²) in [7, 11) is 0. The Bertz CT molecular complexity index is 447. The van der Waals surface area contributed by atoms with Gasteiger partial charge in [0.25, 0.3) is 5.91 Å². The van der Waals surface area contributed by atoms with Crippen LogP contribution in [0.3, 0.4) is 0 Å². The van der Waals surface area contributed by atoms with Crippen molar-refractivity contribution in [2.45, 2.75) is 32.6 Å². The first kappa shape index (κ1) is 14.8. The quantitative estimate of drug-likeness (QED) is 0.884. The first-order valence-corrected chi connectivity index (χ1v) is 6.93. The third-order valence-electron chi connectivity index (χ3n) is 3.12. The Kier molecular flexibility index (Phi) is 4.62. The van der Waals surface area contributed by atoms with Gasteiger partial charge in [-0.25, -0.2) is 0 Å². The summed E-state index contributed by atoms with van der Waals surface area (Å²) in [6.07, 6.45) is 0. The minimum absolute atomic E-state index is 0.0508. The van der Waals surface area contributed by atoms with Crippen LogP contribution in [0.1, 0.15) is 31.1 Å². The van der Waals surface area contributed by atoms with E-state index < -0.39 is 5.79 Å². The van der Waals surface area contributed by atoms with Crippen LogP contribution < -0.4 is 10.6 Å². The molecule has 5 nitrogen and oxygen atoms in total. The van der Waals surface area contributed by atoms with Gasteiger partial charge in [0.2, 0.25) is 0 Å². The van der Waals surface area contributed by atoms with Gasteiger partial charge in [-0.2, -0.15) is 0 Å². The van der Waals surface area contributed by atoms with Crippen LogP contribution in [0.4, 0.5) is 5.69 Å². The van der Waals surface area contributed by atoms with Crippen LogP contribution in [0.2, 0.25) is 0 Å². The zero-order valence-corrected chi connectivity index (χ0v) is 12.2. The van der Waals surface area contributed by atoms with Crippen molar-refractivity contribution < 1.29 is 14.3 Å². The van der Waals surface area contributed by atoms with E-state index in [1.165, 1.54) is 0 Å². The highest BCUT2D eigenvalue weighted by molar-refractivity contribution is 5.94. The van der Waals surface area contributed by atoms with Crippen molar-refractivity contribution in [1.29, 1.82) is 0 Å². The Morgan fingerprint density at radius 2 is 1.85 bits per heavy atom. The smallest absolute Gasteiger partial charge is 0.251 e. The first-order chi connectivity index (χ1) is 9.50. The van der Waals surface area contributed by atoms with E-state index in [2.05, 4.69) is 10.6 Å². The van der Waals surface area contributed by atoms with Crippen molar-refractivity contribution in [3.63, 3.8) is 0 Å². The fraction of sp³-hybridized carbons (Fsp3) is 0.533. The molecule has 0 atom stereocenters. The Morgan fingerprint density at radius 3 is 2.40 bits per heavy atom. The molecule has 1 aliphatic rings. The summed E-state index contributed by atoms with van der Waals surface area (Å²) in [5.41, 5.74) is 1.62. The molecule has 1 aromatic rings. The maximum atomic E-state index is 11.6. The minimum atomic E-state index is -0.500. The average Bonchev–Trinajstić information content (AvgIpc) is 2.42. The number of ether oxygens (including phenoxy) is 2. The standard InChI is InChI=1S/C15H22N2O3/c1-4-16-14(18)11-5-7-12(8-6-11)17-13-9-19-15(2,3)20-10-13/h5-8,13,17H,4,9-10H2,1-3H3,(H,16,18). The molecular weight excluding hydrogens is 256 g/mol. The van der Waals surface area contributed by atoms with Crippen molar-refractivity contribution >= 4 is 11.6 Å². The van der Waals surface area contributed by atoms with E-state index in [-0.39, 0.29) is 11.9 Å². The van der Waals surface area contributed by atoms with Crippen molar-refractivity contribution in [3.05, 3.63) is 29.8 Å². The molecule has 1 fully saturated rings. The molecule has 1 heterocycles. The van der Waals surface area contributed by atoms with E-state index in [0.29, 0.717) is 25.3 Å². The second kappa shape index (κ2) is 6.24. The Hall–Kier alpha value is -1.59. The van der Waals surface area contributed by atoms with Gasteiger partial charge in [0.1, 0.15) is 0 Å². The van der Waals surface area contributed by atoms with Crippen LogP contribution in [0.5, 0.6) is 0 Å². The number of amides is 1. The van der Waals surface area contributed by atoms with Crippen LogP contribution in [0, 0.1) is 0 Å². The summed E-state index contributed by atoms with van der Waals surface area (Å²) < 4.78 is 11.2. The molecule has 110 valence electrons. The third-order valence-corrected chi connectivity index (χ3v) is 3.12. The van der Waals surface area contributed by atoms with E-state index in [0.717, 1.165) is 5.69 Å². The number of nitrogens with one attached hydrogen (secondary N) is 2. The molecule has 0 unspecified atom stereocenters. The molecule has 0 aromatic heterocycles. The summed E-state index contributed by atoms with van der Waals surface area (Å²) >= 11 is 0. The summed E-state index contributed by atoms with van der Waals surface area (Å²) in [4.78, 5) is 11.6. The number of benzene rings is 1. The molecule has 0 aliphatic carbocycles. The summed E-state index contributed by atoms with van der Waals surface area (Å²) in [5.74, 6) is -0.551. The fourth-order valence-electron chi connectivity index (χ4n) is 1.99. The van der Waals surface area contributed by atoms with E-state index in [1.54, 1.807) is 0 Å². The monoisotopic (exact) mass is 278 g/mol. The highest BCUT2D eigenvalue weighted by Crippen LogP contribution is 2.19. The van der Waals surface area contributed by atoms with Crippen molar-refractivity contribution in [1.82, 2.24) is 5.32 Å². The number of hydrogen-bond donors (Lipinski definition) is 2. The molecular formula is C15H22N2O3. The van der Waals surface area contributed by atoms with Gasteiger partial charge in [-0.05, 0) is 45.0 Å². The molecule has 0 radical (unpaired) electrons. The lowest BCUT2D eigenvalue weighted by molar-refractivity contribution is -0.247. The Labute approximate surface area is 119 Å². The second-order valence-corrected chi connectivity index (χ2v) is 5.30. The lowest BCUT2D eigenvalue weighted by Crippen LogP contribution is -2.45. The van der Waals surface area contributed by atoms with Crippen molar-refractivity contribution in [2.75, 3.05) is 25.1 Å². The van der Waals surface area contributed by atoms with Crippen LogP contribution in [0.15, 0.2) is 24.3 Å². The van der Waals surface area contributed by atoms with E-state index in [4.69, 9.17) is 9.47 Å².